The summed E-state index contributed by atoms with van der Waals surface area (Å²) in [6.07, 6.45) is 0. The average molecular weight is 309 g/mol. The van der Waals surface area contributed by atoms with Crippen molar-refractivity contribution in [3.05, 3.63) is 57.8 Å². The Kier molecular flexibility index (Phi) is 5.20. The van der Waals surface area contributed by atoms with Crippen molar-refractivity contribution in [2.24, 2.45) is 0 Å². The molecule has 2 rings (SSSR count). The first-order valence-electron chi connectivity index (χ1n) is 6.72. The van der Waals surface area contributed by atoms with Crippen molar-refractivity contribution in [1.82, 2.24) is 4.90 Å². The van der Waals surface area contributed by atoms with Gasteiger partial charge in [-0.3, -0.25) is 9.69 Å². The summed E-state index contributed by atoms with van der Waals surface area (Å²) in [6, 6.07) is 7.44. The van der Waals surface area contributed by atoms with Crippen LogP contribution in [-0.4, -0.2) is 23.3 Å². The lowest BCUT2D eigenvalue weighted by atomic mass is 10.1. The van der Waals surface area contributed by atoms with Crippen LogP contribution in [0.5, 0.6) is 0 Å². The Bertz CT molecular complexity index is 611. The molecular formula is C16H17F2NOS. The highest BCUT2D eigenvalue weighted by Crippen LogP contribution is 2.15. The Morgan fingerprint density at radius 2 is 2.00 bits per heavy atom. The fourth-order valence-corrected chi connectivity index (χ4v) is 2.70. The normalized spacial score (nSPS) is 11.3. The van der Waals surface area contributed by atoms with E-state index in [1.54, 1.807) is 11.3 Å². The fourth-order valence-electron chi connectivity index (χ4n) is 1.97. The quantitative estimate of drug-likeness (QED) is 0.748. The van der Waals surface area contributed by atoms with Crippen LogP contribution in [0.2, 0.25) is 0 Å². The molecule has 0 saturated heterocycles. The van der Waals surface area contributed by atoms with Crippen molar-refractivity contribution in [2.75, 3.05) is 6.54 Å². The molecule has 0 aliphatic rings. The van der Waals surface area contributed by atoms with E-state index >= 15 is 0 Å². The molecule has 2 nitrogen and oxygen atoms in total. The van der Waals surface area contributed by atoms with Crippen molar-refractivity contribution in [1.29, 1.82) is 0 Å². The molecule has 0 unspecified atom stereocenters. The van der Waals surface area contributed by atoms with E-state index in [0.717, 1.165) is 12.1 Å². The monoisotopic (exact) mass is 309 g/mol. The molecular weight excluding hydrogens is 292 g/mol. The summed E-state index contributed by atoms with van der Waals surface area (Å²) in [6.45, 7) is 4.86. The number of Topliss-reactive ketones (excluding diaryl/α,β-unsaturated/α-hetero) is 1. The van der Waals surface area contributed by atoms with Gasteiger partial charge in [-0.25, -0.2) is 8.78 Å². The molecule has 21 heavy (non-hydrogen) atoms. The third-order valence-corrected chi connectivity index (χ3v) is 4.12. The van der Waals surface area contributed by atoms with Gasteiger partial charge in [0.25, 0.3) is 0 Å². The summed E-state index contributed by atoms with van der Waals surface area (Å²) >= 11 is 1.63. The number of hydrogen-bond acceptors (Lipinski definition) is 3. The summed E-state index contributed by atoms with van der Waals surface area (Å²) in [7, 11) is 0. The molecule has 0 spiro atoms. The Morgan fingerprint density at radius 1 is 1.24 bits per heavy atom. The van der Waals surface area contributed by atoms with E-state index in [9.17, 15) is 13.6 Å². The molecule has 0 saturated carbocycles. The van der Waals surface area contributed by atoms with Crippen LogP contribution in [-0.2, 0) is 6.54 Å². The number of ketones is 1. The highest BCUT2D eigenvalue weighted by Gasteiger charge is 2.17. The van der Waals surface area contributed by atoms with Gasteiger partial charge >= 0.3 is 0 Å². The lowest BCUT2D eigenvalue weighted by Crippen LogP contribution is -2.35. The van der Waals surface area contributed by atoms with Crippen molar-refractivity contribution >= 4 is 17.1 Å². The van der Waals surface area contributed by atoms with E-state index < -0.39 is 11.6 Å². The molecule has 2 aromatic rings. The van der Waals surface area contributed by atoms with E-state index in [0.29, 0.717) is 6.54 Å². The third-order valence-electron chi connectivity index (χ3n) is 3.26. The second-order valence-electron chi connectivity index (χ2n) is 5.13. The third kappa shape index (κ3) is 4.19. The molecule has 1 aromatic heterocycles. The number of nitrogens with zero attached hydrogens (tertiary/aromatic N) is 1. The Hall–Kier alpha value is -1.59. The standard InChI is InChI=1S/C16H17F2NOS/c1-11(2)19(9-13-4-3-7-21-13)10-16(20)12-5-6-14(17)15(18)8-12/h3-8,11H,9-10H2,1-2H3. The summed E-state index contributed by atoms with van der Waals surface area (Å²) in [5.41, 5.74) is 0.200. The first kappa shape index (κ1) is 15.8. The van der Waals surface area contributed by atoms with Gasteiger partial charge in [0.05, 0.1) is 6.54 Å². The van der Waals surface area contributed by atoms with Gasteiger partial charge in [-0.15, -0.1) is 11.3 Å². The van der Waals surface area contributed by atoms with Gasteiger partial charge in [-0.1, -0.05) is 6.07 Å². The van der Waals surface area contributed by atoms with E-state index in [2.05, 4.69) is 0 Å². The molecule has 5 heteroatoms. The first-order chi connectivity index (χ1) is 9.97. The highest BCUT2D eigenvalue weighted by molar-refractivity contribution is 7.09. The summed E-state index contributed by atoms with van der Waals surface area (Å²) < 4.78 is 26.1. The lowest BCUT2D eigenvalue weighted by Gasteiger charge is -2.25. The zero-order valence-electron chi connectivity index (χ0n) is 12.0. The number of rotatable bonds is 6. The van der Waals surface area contributed by atoms with E-state index in [-0.39, 0.29) is 23.9 Å². The molecule has 0 N–H and O–H groups in total. The Morgan fingerprint density at radius 3 is 2.57 bits per heavy atom. The number of carbonyl (C=O) groups is 1. The number of thiophene rings is 1. The average Bonchev–Trinajstić information content (AvgIpc) is 2.93. The molecule has 1 heterocycles. The minimum Gasteiger partial charge on any atom is -0.293 e. The number of hydrogen-bond donors (Lipinski definition) is 0. The van der Waals surface area contributed by atoms with Gasteiger partial charge in [0.2, 0.25) is 0 Å². The van der Waals surface area contributed by atoms with Crippen LogP contribution in [0.15, 0.2) is 35.7 Å². The van der Waals surface area contributed by atoms with Gasteiger partial charge in [0.1, 0.15) is 0 Å². The smallest absolute Gasteiger partial charge is 0.176 e. The van der Waals surface area contributed by atoms with Crippen LogP contribution in [0, 0.1) is 11.6 Å². The van der Waals surface area contributed by atoms with Crippen molar-refractivity contribution in [3.63, 3.8) is 0 Å². The van der Waals surface area contributed by atoms with Crippen LogP contribution in [0.4, 0.5) is 8.78 Å². The molecule has 0 aliphatic carbocycles. The van der Waals surface area contributed by atoms with Gasteiger partial charge in [-0.2, -0.15) is 0 Å². The second-order valence-corrected chi connectivity index (χ2v) is 6.16. The van der Waals surface area contributed by atoms with Crippen molar-refractivity contribution < 1.29 is 13.6 Å². The van der Waals surface area contributed by atoms with Crippen LogP contribution in [0.3, 0.4) is 0 Å². The summed E-state index contributed by atoms with van der Waals surface area (Å²) in [5, 5.41) is 1.99. The maximum atomic E-state index is 13.2. The predicted octanol–water partition coefficient (Wildman–Crippen LogP) is 4.12. The zero-order valence-corrected chi connectivity index (χ0v) is 12.8. The molecule has 0 bridgehead atoms. The molecule has 0 fully saturated rings. The maximum Gasteiger partial charge on any atom is 0.176 e. The van der Waals surface area contributed by atoms with Gasteiger partial charge in [-0.05, 0) is 43.5 Å². The second kappa shape index (κ2) is 6.91. The maximum absolute atomic E-state index is 13.2. The fraction of sp³-hybridized carbons (Fsp3) is 0.312. The van der Waals surface area contributed by atoms with Gasteiger partial charge in [0.15, 0.2) is 17.4 Å². The largest absolute Gasteiger partial charge is 0.293 e. The first-order valence-corrected chi connectivity index (χ1v) is 7.60. The zero-order chi connectivity index (χ0) is 15.4. The number of carbonyl (C=O) groups excluding carboxylic acids is 1. The Labute approximate surface area is 127 Å². The topological polar surface area (TPSA) is 20.3 Å². The summed E-state index contributed by atoms with van der Waals surface area (Å²) in [4.78, 5) is 15.4. The number of benzene rings is 1. The summed E-state index contributed by atoms with van der Waals surface area (Å²) in [5.74, 6) is -2.14. The van der Waals surface area contributed by atoms with Crippen LogP contribution in [0.25, 0.3) is 0 Å². The minimum absolute atomic E-state index is 0.181. The Balaban J connectivity index is 2.09. The molecule has 0 aliphatic heterocycles. The van der Waals surface area contributed by atoms with Crippen LogP contribution in [0.1, 0.15) is 29.1 Å². The predicted molar refractivity (Wildman–Crippen MR) is 80.6 cm³/mol. The minimum atomic E-state index is -0.991. The molecule has 112 valence electrons. The van der Waals surface area contributed by atoms with Crippen molar-refractivity contribution in [2.45, 2.75) is 26.4 Å². The lowest BCUT2D eigenvalue weighted by molar-refractivity contribution is 0.0898. The molecule has 0 atom stereocenters. The number of halogens is 2. The highest BCUT2D eigenvalue weighted by atomic mass is 32.1. The van der Waals surface area contributed by atoms with E-state index in [4.69, 9.17) is 0 Å². The molecule has 0 radical (unpaired) electrons. The SMILES string of the molecule is CC(C)N(CC(=O)c1ccc(F)c(F)c1)Cc1cccs1. The molecule has 1 aromatic carbocycles. The van der Waals surface area contributed by atoms with Crippen LogP contribution < -0.4 is 0 Å². The van der Waals surface area contributed by atoms with E-state index in [1.807, 2.05) is 36.3 Å². The van der Waals surface area contributed by atoms with E-state index in [1.165, 1.54) is 10.9 Å². The van der Waals surface area contributed by atoms with Gasteiger partial charge < -0.3 is 0 Å². The van der Waals surface area contributed by atoms with Gasteiger partial charge in [0, 0.05) is 23.0 Å². The molecule has 0 amide bonds. The van der Waals surface area contributed by atoms with Crippen LogP contribution >= 0.6 is 11.3 Å². The van der Waals surface area contributed by atoms with Crippen molar-refractivity contribution in [3.8, 4) is 0 Å².